The Kier molecular flexibility index (Phi) is 4.02. The number of hydrogen-bond donors (Lipinski definition) is 2. The largest absolute Gasteiger partial charge is 0.296 e. The average Bonchev–Trinajstić information content (AvgIpc) is 3.11. The van der Waals surface area contributed by atoms with Crippen molar-refractivity contribution < 1.29 is 9.18 Å². The summed E-state index contributed by atoms with van der Waals surface area (Å²) in [6.07, 6.45) is 0. The van der Waals surface area contributed by atoms with Crippen LogP contribution in [0.2, 0.25) is 0 Å². The highest BCUT2D eigenvalue weighted by Crippen LogP contribution is 2.25. The Balaban J connectivity index is 1.63. The van der Waals surface area contributed by atoms with Crippen molar-refractivity contribution in [1.82, 2.24) is 15.2 Å². The van der Waals surface area contributed by atoms with E-state index >= 15 is 0 Å². The van der Waals surface area contributed by atoms with Crippen molar-refractivity contribution in [3.05, 3.63) is 75.8 Å². The van der Waals surface area contributed by atoms with Crippen LogP contribution in [-0.2, 0) is 0 Å². The molecule has 2 aromatic heterocycles. The SMILES string of the molecule is O=C(Nc1nc(-c2ccc(F)cc2)cs1)c1n[nH]c(=O)c2ccccc12. The number of nitrogens with one attached hydrogen (secondary N) is 2. The number of carbonyl (C=O) groups is 1. The third-order valence-corrected chi connectivity index (χ3v) is 4.53. The monoisotopic (exact) mass is 366 g/mol. The minimum Gasteiger partial charge on any atom is -0.296 e. The number of anilines is 1. The molecule has 26 heavy (non-hydrogen) atoms. The molecule has 0 atom stereocenters. The topological polar surface area (TPSA) is 87.7 Å². The van der Waals surface area contributed by atoms with E-state index in [1.54, 1.807) is 41.8 Å². The van der Waals surface area contributed by atoms with Crippen molar-refractivity contribution in [2.45, 2.75) is 0 Å². The number of nitrogens with zero attached hydrogens (tertiary/aromatic N) is 2. The van der Waals surface area contributed by atoms with E-state index in [4.69, 9.17) is 0 Å². The summed E-state index contributed by atoms with van der Waals surface area (Å²) in [5, 5.41) is 11.9. The minimum atomic E-state index is -0.475. The van der Waals surface area contributed by atoms with Crippen LogP contribution in [0.25, 0.3) is 22.0 Å². The molecule has 2 N–H and O–H groups in total. The molecule has 6 nitrogen and oxygen atoms in total. The summed E-state index contributed by atoms with van der Waals surface area (Å²) in [7, 11) is 0. The molecule has 0 aliphatic heterocycles. The number of aromatic nitrogens is 3. The maximum atomic E-state index is 13.0. The molecule has 0 aliphatic rings. The third kappa shape index (κ3) is 2.98. The Morgan fingerprint density at radius 1 is 1.08 bits per heavy atom. The first-order valence-corrected chi connectivity index (χ1v) is 8.50. The highest BCUT2D eigenvalue weighted by Gasteiger charge is 2.16. The van der Waals surface area contributed by atoms with Crippen LogP contribution in [0, 0.1) is 5.82 Å². The van der Waals surface area contributed by atoms with E-state index in [1.807, 2.05) is 0 Å². The highest BCUT2D eigenvalue weighted by atomic mass is 32.1. The minimum absolute atomic E-state index is 0.110. The number of hydrogen-bond acceptors (Lipinski definition) is 5. The van der Waals surface area contributed by atoms with Gasteiger partial charge in [0.15, 0.2) is 10.8 Å². The van der Waals surface area contributed by atoms with Gasteiger partial charge in [0, 0.05) is 16.3 Å². The van der Waals surface area contributed by atoms with E-state index < -0.39 is 5.91 Å². The molecular weight excluding hydrogens is 355 g/mol. The maximum absolute atomic E-state index is 13.0. The van der Waals surface area contributed by atoms with Crippen molar-refractivity contribution >= 4 is 33.1 Å². The Labute approximate surface area is 150 Å². The lowest BCUT2D eigenvalue weighted by atomic mass is 10.1. The number of fused-ring (bicyclic) bond motifs is 1. The van der Waals surface area contributed by atoms with Gasteiger partial charge in [-0.05, 0) is 30.3 Å². The molecule has 0 radical (unpaired) electrons. The summed E-state index contributed by atoms with van der Waals surface area (Å²) in [6, 6.07) is 12.7. The van der Waals surface area contributed by atoms with Gasteiger partial charge in [-0.15, -0.1) is 11.3 Å². The summed E-state index contributed by atoms with van der Waals surface area (Å²) < 4.78 is 13.0. The van der Waals surface area contributed by atoms with E-state index in [0.717, 1.165) is 5.56 Å². The van der Waals surface area contributed by atoms with Crippen molar-refractivity contribution in [3.63, 3.8) is 0 Å². The fraction of sp³-hybridized carbons (Fsp3) is 0. The molecule has 0 saturated heterocycles. The summed E-state index contributed by atoms with van der Waals surface area (Å²) in [4.78, 5) is 28.7. The standard InChI is InChI=1S/C18H11FN4O2S/c19-11-7-5-10(6-8-11)14-9-26-18(20-14)21-17(25)15-12-3-1-2-4-13(12)16(24)23-22-15/h1-9H,(H,23,24)(H,20,21,25). The fourth-order valence-electron chi connectivity index (χ4n) is 2.53. The number of amides is 1. The number of H-pyrrole nitrogens is 1. The Morgan fingerprint density at radius 2 is 1.81 bits per heavy atom. The van der Waals surface area contributed by atoms with Crippen LogP contribution in [0.15, 0.2) is 58.7 Å². The molecule has 0 saturated carbocycles. The molecule has 2 heterocycles. The fourth-order valence-corrected chi connectivity index (χ4v) is 3.24. The van der Waals surface area contributed by atoms with Gasteiger partial charge in [-0.25, -0.2) is 14.5 Å². The van der Waals surface area contributed by atoms with Crippen LogP contribution in [0.4, 0.5) is 9.52 Å². The van der Waals surface area contributed by atoms with Crippen LogP contribution in [0.3, 0.4) is 0 Å². The molecule has 2 aromatic carbocycles. The second kappa shape index (κ2) is 6.49. The average molecular weight is 366 g/mol. The van der Waals surface area contributed by atoms with Gasteiger partial charge in [0.1, 0.15) is 5.82 Å². The predicted octanol–water partition coefficient (Wildman–Crippen LogP) is 3.44. The zero-order chi connectivity index (χ0) is 18.1. The molecule has 8 heteroatoms. The highest BCUT2D eigenvalue weighted by molar-refractivity contribution is 7.14. The molecule has 128 valence electrons. The molecule has 4 rings (SSSR count). The molecule has 0 unspecified atom stereocenters. The Morgan fingerprint density at radius 3 is 2.58 bits per heavy atom. The molecule has 0 spiro atoms. The van der Waals surface area contributed by atoms with Crippen LogP contribution in [0.1, 0.15) is 10.5 Å². The van der Waals surface area contributed by atoms with E-state index in [0.29, 0.717) is 21.6 Å². The second-order valence-electron chi connectivity index (χ2n) is 5.45. The zero-order valence-electron chi connectivity index (χ0n) is 13.2. The number of halogens is 1. The molecule has 0 aliphatic carbocycles. The smallest absolute Gasteiger partial charge is 0.278 e. The van der Waals surface area contributed by atoms with E-state index in [1.165, 1.54) is 23.5 Å². The van der Waals surface area contributed by atoms with Gasteiger partial charge in [0.25, 0.3) is 11.5 Å². The molecule has 0 fully saturated rings. The quantitative estimate of drug-likeness (QED) is 0.581. The number of carbonyl (C=O) groups excluding carboxylic acids is 1. The van der Waals surface area contributed by atoms with Crippen molar-refractivity contribution in [3.8, 4) is 11.3 Å². The lowest BCUT2D eigenvalue weighted by Gasteiger charge is -2.04. The first kappa shape index (κ1) is 16.1. The van der Waals surface area contributed by atoms with Crippen LogP contribution in [0.5, 0.6) is 0 Å². The summed E-state index contributed by atoms with van der Waals surface area (Å²) >= 11 is 1.24. The number of aromatic amines is 1. The van der Waals surface area contributed by atoms with Gasteiger partial charge in [-0.3, -0.25) is 14.9 Å². The van der Waals surface area contributed by atoms with Gasteiger partial charge in [-0.1, -0.05) is 18.2 Å². The van der Waals surface area contributed by atoms with Gasteiger partial charge in [-0.2, -0.15) is 5.10 Å². The summed E-state index contributed by atoms with van der Waals surface area (Å²) in [5.74, 6) is -0.800. The lowest BCUT2D eigenvalue weighted by molar-refractivity contribution is 0.102. The third-order valence-electron chi connectivity index (χ3n) is 3.78. The van der Waals surface area contributed by atoms with E-state index in [-0.39, 0.29) is 17.1 Å². The first-order chi connectivity index (χ1) is 12.6. The van der Waals surface area contributed by atoms with Crippen molar-refractivity contribution in [1.29, 1.82) is 0 Å². The van der Waals surface area contributed by atoms with E-state index in [2.05, 4.69) is 20.5 Å². The first-order valence-electron chi connectivity index (χ1n) is 7.62. The van der Waals surface area contributed by atoms with Crippen LogP contribution >= 0.6 is 11.3 Å². The van der Waals surface area contributed by atoms with E-state index in [9.17, 15) is 14.0 Å². The second-order valence-corrected chi connectivity index (χ2v) is 6.30. The molecule has 0 bridgehead atoms. The van der Waals surface area contributed by atoms with Gasteiger partial charge in [0.05, 0.1) is 11.1 Å². The van der Waals surface area contributed by atoms with Crippen LogP contribution in [-0.4, -0.2) is 21.1 Å². The Hall–Kier alpha value is -3.39. The molecule has 1 amide bonds. The maximum Gasteiger partial charge on any atom is 0.278 e. The predicted molar refractivity (Wildman–Crippen MR) is 97.8 cm³/mol. The van der Waals surface area contributed by atoms with Crippen LogP contribution < -0.4 is 10.9 Å². The van der Waals surface area contributed by atoms with Crippen molar-refractivity contribution in [2.24, 2.45) is 0 Å². The molecular formula is C18H11FN4O2S. The normalized spacial score (nSPS) is 10.8. The molecule has 4 aromatic rings. The summed E-state index contributed by atoms with van der Waals surface area (Å²) in [6.45, 7) is 0. The van der Waals surface area contributed by atoms with Gasteiger partial charge < -0.3 is 0 Å². The number of thiazole rings is 1. The zero-order valence-corrected chi connectivity index (χ0v) is 14.0. The Bertz CT molecular complexity index is 1170. The van der Waals surface area contributed by atoms with Crippen molar-refractivity contribution in [2.75, 3.05) is 5.32 Å². The van der Waals surface area contributed by atoms with Gasteiger partial charge in [0.2, 0.25) is 0 Å². The lowest BCUT2D eigenvalue weighted by Crippen LogP contribution is -2.19. The van der Waals surface area contributed by atoms with Gasteiger partial charge >= 0.3 is 0 Å². The number of rotatable bonds is 3. The number of benzene rings is 2. The summed E-state index contributed by atoms with van der Waals surface area (Å²) in [5.41, 5.74) is 1.13.